The molecule has 1 fully saturated rings. The fourth-order valence-electron chi connectivity index (χ4n) is 3.53. The van der Waals surface area contributed by atoms with E-state index in [1.54, 1.807) is 0 Å². The Hall–Kier alpha value is -2.31. The van der Waals surface area contributed by atoms with Crippen LogP contribution in [0.4, 0.5) is 0 Å². The van der Waals surface area contributed by atoms with Crippen molar-refractivity contribution in [1.29, 1.82) is 0 Å². The molecule has 2 unspecified atom stereocenters. The van der Waals surface area contributed by atoms with Crippen molar-refractivity contribution < 1.29 is 0 Å². The summed E-state index contributed by atoms with van der Waals surface area (Å²) in [5.41, 5.74) is 1.20. The first-order valence-corrected chi connectivity index (χ1v) is 9.67. The molecular formula is C19H31N7. The van der Waals surface area contributed by atoms with Gasteiger partial charge in [-0.15, -0.1) is 0 Å². The van der Waals surface area contributed by atoms with Gasteiger partial charge >= 0.3 is 0 Å². The summed E-state index contributed by atoms with van der Waals surface area (Å²) in [7, 11) is 0. The fraction of sp³-hybridized carbons (Fsp3) is 0.632. The Morgan fingerprint density at radius 2 is 2.31 bits per heavy atom. The molecule has 0 radical (unpaired) electrons. The van der Waals surface area contributed by atoms with Crippen LogP contribution in [0.3, 0.4) is 0 Å². The minimum Gasteiger partial charge on any atom is -0.357 e. The molecule has 1 aliphatic heterocycles. The van der Waals surface area contributed by atoms with Crippen molar-refractivity contribution in [2.45, 2.75) is 46.2 Å². The highest BCUT2D eigenvalue weighted by Crippen LogP contribution is 2.27. The Balaban J connectivity index is 1.59. The second-order valence-electron chi connectivity index (χ2n) is 7.16. The molecule has 1 aliphatic rings. The predicted octanol–water partition coefficient (Wildman–Crippen LogP) is 2.33. The molecule has 1 N–H and O–H groups in total. The summed E-state index contributed by atoms with van der Waals surface area (Å²) in [4.78, 5) is 11.5. The maximum atomic E-state index is 4.87. The zero-order chi connectivity index (χ0) is 18.4. The Morgan fingerprint density at radius 1 is 1.42 bits per heavy atom. The monoisotopic (exact) mass is 357 g/mol. The normalized spacial score (nSPS) is 21.2. The van der Waals surface area contributed by atoms with Gasteiger partial charge in [-0.25, -0.2) is 4.98 Å². The van der Waals surface area contributed by atoms with E-state index >= 15 is 0 Å². The number of nitrogens with zero attached hydrogens (tertiary/aromatic N) is 6. The van der Waals surface area contributed by atoms with Crippen LogP contribution in [0.1, 0.15) is 38.3 Å². The van der Waals surface area contributed by atoms with E-state index in [2.05, 4.69) is 58.0 Å². The van der Waals surface area contributed by atoms with Gasteiger partial charge in [-0.2, -0.15) is 5.10 Å². The SMILES string of the molecule is CCNC(=NCCCn1cc(C)cn1)N1CCC(C)C(n2ccnc2)C1. The predicted molar refractivity (Wildman–Crippen MR) is 104 cm³/mol. The summed E-state index contributed by atoms with van der Waals surface area (Å²) in [6.45, 7) is 11.2. The molecule has 3 heterocycles. The minimum atomic E-state index is 0.446. The molecule has 26 heavy (non-hydrogen) atoms. The number of piperidine rings is 1. The first-order valence-electron chi connectivity index (χ1n) is 9.67. The van der Waals surface area contributed by atoms with Gasteiger partial charge in [0.25, 0.3) is 0 Å². The van der Waals surface area contributed by atoms with E-state index in [1.807, 2.05) is 23.4 Å². The quantitative estimate of drug-likeness (QED) is 0.490. The standard InChI is InChI=1S/C19H31N7/c1-4-21-19(22-7-5-9-26-13-16(2)12-23-26)24-10-6-17(3)18(14-24)25-11-8-20-15-25/h8,11-13,15,17-18H,4-7,9-10,14H2,1-3H3,(H,21,22). The summed E-state index contributed by atoms with van der Waals surface area (Å²) >= 11 is 0. The number of hydrogen-bond donors (Lipinski definition) is 1. The summed E-state index contributed by atoms with van der Waals surface area (Å²) < 4.78 is 4.23. The van der Waals surface area contributed by atoms with Gasteiger partial charge in [0.15, 0.2) is 5.96 Å². The molecule has 0 bridgehead atoms. The third-order valence-electron chi connectivity index (χ3n) is 5.03. The van der Waals surface area contributed by atoms with Crippen molar-refractivity contribution in [3.63, 3.8) is 0 Å². The topological polar surface area (TPSA) is 63.3 Å². The van der Waals surface area contributed by atoms with Crippen molar-refractivity contribution in [3.8, 4) is 0 Å². The molecule has 7 nitrogen and oxygen atoms in total. The van der Waals surface area contributed by atoms with Crippen LogP contribution in [0.5, 0.6) is 0 Å². The third kappa shape index (κ3) is 4.65. The van der Waals surface area contributed by atoms with Gasteiger partial charge in [-0.1, -0.05) is 6.92 Å². The van der Waals surface area contributed by atoms with Crippen LogP contribution in [0.2, 0.25) is 0 Å². The van der Waals surface area contributed by atoms with Crippen molar-refractivity contribution >= 4 is 5.96 Å². The number of likely N-dealkylation sites (tertiary alicyclic amines) is 1. The van der Waals surface area contributed by atoms with Crippen molar-refractivity contribution in [1.82, 2.24) is 29.5 Å². The smallest absolute Gasteiger partial charge is 0.193 e. The van der Waals surface area contributed by atoms with Gasteiger partial charge in [0, 0.05) is 51.3 Å². The summed E-state index contributed by atoms with van der Waals surface area (Å²) in [6.07, 6.45) is 12.0. The molecule has 2 aromatic heterocycles. The second kappa shape index (κ2) is 8.87. The Kier molecular flexibility index (Phi) is 6.30. The van der Waals surface area contributed by atoms with Crippen molar-refractivity contribution in [2.24, 2.45) is 10.9 Å². The summed E-state index contributed by atoms with van der Waals surface area (Å²) in [5.74, 6) is 1.67. The molecular weight excluding hydrogens is 326 g/mol. The fourth-order valence-corrected chi connectivity index (χ4v) is 3.53. The van der Waals surface area contributed by atoms with E-state index in [9.17, 15) is 0 Å². The highest BCUT2D eigenvalue weighted by atomic mass is 15.3. The van der Waals surface area contributed by atoms with Gasteiger partial charge in [0.2, 0.25) is 0 Å². The number of nitrogens with one attached hydrogen (secondary N) is 1. The second-order valence-corrected chi connectivity index (χ2v) is 7.16. The highest BCUT2D eigenvalue weighted by molar-refractivity contribution is 5.80. The average molecular weight is 358 g/mol. The number of aromatic nitrogens is 4. The van der Waals surface area contributed by atoms with E-state index in [1.165, 1.54) is 12.0 Å². The van der Waals surface area contributed by atoms with Crippen LogP contribution in [0.15, 0.2) is 36.1 Å². The molecule has 2 atom stereocenters. The van der Waals surface area contributed by atoms with Gasteiger partial charge in [-0.05, 0) is 38.2 Å². The average Bonchev–Trinajstić information content (AvgIpc) is 3.30. The Labute approximate surface area is 156 Å². The maximum absolute atomic E-state index is 4.87. The number of hydrogen-bond acceptors (Lipinski definition) is 3. The Morgan fingerprint density at radius 3 is 3.00 bits per heavy atom. The lowest BCUT2D eigenvalue weighted by molar-refractivity contribution is 0.189. The lowest BCUT2D eigenvalue weighted by Gasteiger charge is -2.39. The van der Waals surface area contributed by atoms with Crippen LogP contribution in [-0.2, 0) is 6.54 Å². The van der Waals surface area contributed by atoms with Crippen molar-refractivity contribution in [3.05, 3.63) is 36.7 Å². The minimum absolute atomic E-state index is 0.446. The van der Waals surface area contributed by atoms with E-state index in [0.29, 0.717) is 12.0 Å². The zero-order valence-electron chi connectivity index (χ0n) is 16.2. The van der Waals surface area contributed by atoms with E-state index in [4.69, 9.17) is 4.99 Å². The van der Waals surface area contributed by atoms with E-state index in [-0.39, 0.29) is 0 Å². The lowest BCUT2D eigenvalue weighted by Crippen LogP contribution is -2.49. The molecule has 1 saturated heterocycles. The van der Waals surface area contributed by atoms with Crippen LogP contribution in [0, 0.1) is 12.8 Å². The number of guanidine groups is 1. The number of aryl methyl sites for hydroxylation is 2. The molecule has 3 rings (SSSR count). The number of rotatable bonds is 6. The van der Waals surface area contributed by atoms with Crippen molar-refractivity contribution in [2.75, 3.05) is 26.2 Å². The van der Waals surface area contributed by atoms with E-state index in [0.717, 1.165) is 45.1 Å². The van der Waals surface area contributed by atoms with Gasteiger partial charge < -0.3 is 14.8 Å². The van der Waals surface area contributed by atoms with Gasteiger partial charge in [-0.3, -0.25) is 9.67 Å². The van der Waals surface area contributed by atoms with Crippen LogP contribution >= 0.6 is 0 Å². The third-order valence-corrected chi connectivity index (χ3v) is 5.03. The first kappa shape index (κ1) is 18.5. The lowest BCUT2D eigenvalue weighted by atomic mass is 9.93. The van der Waals surface area contributed by atoms with Crippen LogP contribution in [0.25, 0.3) is 0 Å². The molecule has 0 spiro atoms. The Bertz CT molecular complexity index is 689. The van der Waals surface area contributed by atoms with Gasteiger partial charge in [0.1, 0.15) is 0 Å². The van der Waals surface area contributed by atoms with Crippen LogP contribution < -0.4 is 5.32 Å². The molecule has 2 aromatic rings. The number of imidazole rings is 1. The molecule has 0 saturated carbocycles. The maximum Gasteiger partial charge on any atom is 0.193 e. The molecule has 0 amide bonds. The number of aliphatic imine (C=N–C) groups is 1. The summed E-state index contributed by atoms with van der Waals surface area (Å²) in [6, 6.07) is 0.446. The zero-order valence-corrected chi connectivity index (χ0v) is 16.2. The first-order chi connectivity index (χ1) is 12.7. The molecule has 0 aliphatic carbocycles. The highest BCUT2D eigenvalue weighted by Gasteiger charge is 2.28. The summed E-state index contributed by atoms with van der Waals surface area (Å²) in [5, 5.41) is 7.80. The van der Waals surface area contributed by atoms with Crippen LogP contribution in [-0.4, -0.2) is 56.4 Å². The van der Waals surface area contributed by atoms with E-state index < -0.39 is 0 Å². The largest absolute Gasteiger partial charge is 0.357 e. The molecule has 7 heteroatoms. The molecule has 0 aromatic carbocycles. The molecule has 142 valence electrons. The van der Waals surface area contributed by atoms with Gasteiger partial charge in [0.05, 0.1) is 18.6 Å².